The van der Waals surface area contributed by atoms with E-state index >= 15 is 0 Å². The molecule has 0 bridgehead atoms. The molecular weight excluding hydrogens is 262 g/mol. The van der Waals surface area contributed by atoms with Gasteiger partial charge in [0.25, 0.3) is 0 Å². The molecule has 2 aromatic carbocycles. The van der Waals surface area contributed by atoms with Gasteiger partial charge in [0.15, 0.2) is 0 Å². The fourth-order valence-electron chi connectivity index (χ4n) is 2.82. The average Bonchev–Trinajstić information content (AvgIpc) is 3.31. The lowest BCUT2D eigenvalue weighted by Crippen LogP contribution is -2.36. The van der Waals surface area contributed by atoms with Crippen LogP contribution in [0.4, 0.5) is 0 Å². The number of hydrogen-bond donors (Lipinski definition) is 1. The van der Waals surface area contributed by atoms with E-state index in [0.717, 1.165) is 24.0 Å². The highest BCUT2D eigenvalue weighted by Crippen LogP contribution is 2.49. The van der Waals surface area contributed by atoms with Crippen molar-refractivity contribution in [1.82, 2.24) is 4.90 Å². The van der Waals surface area contributed by atoms with E-state index in [1.54, 1.807) is 17.0 Å². The Morgan fingerprint density at radius 1 is 1.10 bits per heavy atom. The lowest BCUT2D eigenvalue weighted by molar-refractivity contribution is -0.133. The first-order valence-electron chi connectivity index (χ1n) is 7.21. The van der Waals surface area contributed by atoms with Crippen LogP contribution >= 0.6 is 0 Å². The number of phenols is 1. The number of phenolic OH excluding ortho intramolecular Hbond substituents is 1. The molecule has 0 spiro atoms. The van der Waals surface area contributed by atoms with Gasteiger partial charge in [0.1, 0.15) is 5.75 Å². The zero-order valence-corrected chi connectivity index (χ0v) is 12.1. The van der Waals surface area contributed by atoms with E-state index in [4.69, 9.17) is 0 Å². The molecule has 108 valence electrons. The molecule has 0 saturated heterocycles. The Labute approximate surface area is 124 Å². The third kappa shape index (κ3) is 2.64. The summed E-state index contributed by atoms with van der Waals surface area (Å²) in [7, 11) is 1.85. The Balaban J connectivity index is 1.74. The fourth-order valence-corrected chi connectivity index (χ4v) is 2.82. The van der Waals surface area contributed by atoms with E-state index < -0.39 is 0 Å². The Bertz CT molecular complexity index is 630. The van der Waals surface area contributed by atoms with Crippen molar-refractivity contribution in [2.45, 2.75) is 24.8 Å². The topological polar surface area (TPSA) is 40.5 Å². The summed E-state index contributed by atoms with van der Waals surface area (Å²) in [5.41, 5.74) is 1.83. The molecule has 1 N–H and O–H groups in total. The molecule has 2 aromatic rings. The minimum atomic E-state index is -0.313. The van der Waals surface area contributed by atoms with Crippen LogP contribution in [0, 0.1) is 0 Å². The summed E-state index contributed by atoms with van der Waals surface area (Å²) >= 11 is 0. The van der Waals surface area contributed by atoms with Crippen molar-refractivity contribution < 1.29 is 9.90 Å². The van der Waals surface area contributed by atoms with Crippen LogP contribution in [0.3, 0.4) is 0 Å². The lowest BCUT2D eigenvalue weighted by Gasteiger charge is -2.24. The van der Waals surface area contributed by atoms with Gasteiger partial charge in [-0.25, -0.2) is 0 Å². The molecule has 21 heavy (non-hydrogen) atoms. The van der Waals surface area contributed by atoms with Crippen molar-refractivity contribution in [2.24, 2.45) is 0 Å². The summed E-state index contributed by atoms with van der Waals surface area (Å²) in [5.74, 6) is 0.428. The maximum absolute atomic E-state index is 12.8. The SMILES string of the molecule is CN(Cc1ccc(O)cc1)C(=O)C1(c2ccccc2)CC1. The third-order valence-corrected chi connectivity index (χ3v) is 4.19. The number of carbonyl (C=O) groups excluding carboxylic acids is 1. The molecule has 0 heterocycles. The van der Waals surface area contributed by atoms with Gasteiger partial charge in [-0.15, -0.1) is 0 Å². The first-order chi connectivity index (χ1) is 10.1. The first-order valence-corrected chi connectivity index (χ1v) is 7.21. The van der Waals surface area contributed by atoms with E-state index in [1.165, 1.54) is 0 Å². The predicted octanol–water partition coefficient (Wildman–Crippen LogP) is 3.08. The molecule has 1 fully saturated rings. The highest BCUT2D eigenvalue weighted by atomic mass is 16.3. The lowest BCUT2D eigenvalue weighted by atomic mass is 9.94. The second-order valence-electron chi connectivity index (χ2n) is 5.78. The molecule has 0 atom stereocenters. The van der Waals surface area contributed by atoms with E-state index in [2.05, 4.69) is 0 Å². The summed E-state index contributed by atoms with van der Waals surface area (Å²) in [6.07, 6.45) is 1.85. The molecule has 3 nitrogen and oxygen atoms in total. The second kappa shape index (κ2) is 5.24. The van der Waals surface area contributed by atoms with Crippen molar-refractivity contribution in [1.29, 1.82) is 0 Å². The average molecular weight is 281 g/mol. The minimum absolute atomic E-state index is 0.182. The number of aromatic hydroxyl groups is 1. The molecule has 1 saturated carbocycles. The monoisotopic (exact) mass is 281 g/mol. The first kappa shape index (κ1) is 13.7. The van der Waals surface area contributed by atoms with Crippen LogP contribution in [0.25, 0.3) is 0 Å². The van der Waals surface area contributed by atoms with Crippen molar-refractivity contribution >= 4 is 5.91 Å². The zero-order valence-electron chi connectivity index (χ0n) is 12.1. The van der Waals surface area contributed by atoms with E-state index in [1.807, 2.05) is 49.5 Å². The van der Waals surface area contributed by atoms with Crippen LogP contribution in [-0.2, 0) is 16.8 Å². The fraction of sp³-hybridized carbons (Fsp3) is 0.278. The Morgan fingerprint density at radius 2 is 1.71 bits per heavy atom. The molecule has 0 unspecified atom stereocenters. The number of carbonyl (C=O) groups is 1. The van der Waals surface area contributed by atoms with Crippen LogP contribution < -0.4 is 0 Å². The normalized spacial score (nSPS) is 15.5. The summed E-state index contributed by atoms with van der Waals surface area (Å²) in [4.78, 5) is 14.6. The predicted molar refractivity (Wildman–Crippen MR) is 81.9 cm³/mol. The maximum Gasteiger partial charge on any atom is 0.233 e. The van der Waals surface area contributed by atoms with Gasteiger partial charge in [-0.05, 0) is 36.1 Å². The Morgan fingerprint density at radius 3 is 2.29 bits per heavy atom. The van der Waals surface area contributed by atoms with Gasteiger partial charge in [0, 0.05) is 13.6 Å². The van der Waals surface area contributed by atoms with Gasteiger partial charge >= 0.3 is 0 Å². The molecule has 3 heteroatoms. The standard InChI is InChI=1S/C18H19NO2/c1-19(13-14-7-9-16(20)10-8-14)17(21)18(11-12-18)15-5-3-2-4-6-15/h2-10,20H,11-13H2,1H3. The number of benzene rings is 2. The largest absolute Gasteiger partial charge is 0.508 e. The van der Waals surface area contributed by atoms with Crippen molar-refractivity contribution in [3.63, 3.8) is 0 Å². The molecule has 0 radical (unpaired) electrons. The number of rotatable bonds is 4. The summed E-state index contributed by atoms with van der Waals surface area (Å²) in [6, 6.07) is 17.0. The van der Waals surface area contributed by atoms with Crippen LogP contribution in [0.15, 0.2) is 54.6 Å². The molecule has 1 aliphatic rings. The quantitative estimate of drug-likeness (QED) is 0.935. The maximum atomic E-state index is 12.8. The minimum Gasteiger partial charge on any atom is -0.508 e. The van der Waals surface area contributed by atoms with Gasteiger partial charge in [0.2, 0.25) is 5.91 Å². The summed E-state index contributed by atoms with van der Waals surface area (Å²) < 4.78 is 0. The number of amides is 1. The van der Waals surface area contributed by atoms with Crippen molar-refractivity contribution in [3.05, 3.63) is 65.7 Å². The van der Waals surface area contributed by atoms with Gasteiger partial charge in [0.05, 0.1) is 5.41 Å². The summed E-state index contributed by atoms with van der Waals surface area (Å²) in [6.45, 7) is 0.563. The van der Waals surface area contributed by atoms with Gasteiger partial charge in [-0.1, -0.05) is 42.5 Å². The van der Waals surface area contributed by atoms with Crippen LogP contribution in [-0.4, -0.2) is 23.0 Å². The smallest absolute Gasteiger partial charge is 0.233 e. The third-order valence-electron chi connectivity index (χ3n) is 4.19. The van der Waals surface area contributed by atoms with Crippen LogP contribution in [0.1, 0.15) is 24.0 Å². The van der Waals surface area contributed by atoms with Gasteiger partial charge in [-0.2, -0.15) is 0 Å². The Kier molecular flexibility index (Phi) is 3.42. The van der Waals surface area contributed by atoms with E-state index in [0.29, 0.717) is 6.54 Å². The number of hydrogen-bond acceptors (Lipinski definition) is 2. The van der Waals surface area contributed by atoms with E-state index in [9.17, 15) is 9.90 Å². The molecule has 0 aromatic heterocycles. The Hall–Kier alpha value is -2.29. The van der Waals surface area contributed by atoms with Gasteiger partial charge in [-0.3, -0.25) is 4.79 Å². The second-order valence-corrected chi connectivity index (χ2v) is 5.78. The highest BCUT2D eigenvalue weighted by molar-refractivity contribution is 5.91. The van der Waals surface area contributed by atoms with E-state index in [-0.39, 0.29) is 17.1 Å². The zero-order chi connectivity index (χ0) is 14.9. The van der Waals surface area contributed by atoms with Crippen molar-refractivity contribution in [2.75, 3.05) is 7.05 Å². The number of nitrogens with zero attached hydrogens (tertiary/aromatic N) is 1. The summed E-state index contributed by atoms with van der Waals surface area (Å²) in [5, 5.41) is 9.31. The van der Waals surface area contributed by atoms with Crippen LogP contribution in [0.5, 0.6) is 5.75 Å². The highest BCUT2D eigenvalue weighted by Gasteiger charge is 2.52. The van der Waals surface area contributed by atoms with Gasteiger partial charge < -0.3 is 10.0 Å². The molecule has 0 aliphatic heterocycles. The van der Waals surface area contributed by atoms with Crippen molar-refractivity contribution in [3.8, 4) is 5.75 Å². The molecule has 1 aliphatic carbocycles. The van der Waals surface area contributed by atoms with Crippen LogP contribution in [0.2, 0.25) is 0 Å². The molecular formula is C18H19NO2. The number of likely N-dealkylation sites (N-methyl/N-ethyl adjacent to an activating group) is 1. The molecule has 1 amide bonds. The molecule has 3 rings (SSSR count).